The monoisotopic (exact) mass is 389 g/mol. The average molecular weight is 390 g/mol. The molecule has 3 aromatic rings. The van der Waals surface area contributed by atoms with Crippen molar-refractivity contribution in [2.75, 3.05) is 11.1 Å². The molecule has 0 unspecified atom stereocenters. The second-order valence-corrected chi connectivity index (χ2v) is 7.26. The molecule has 9 heteroatoms. The fourth-order valence-corrected chi connectivity index (χ4v) is 3.41. The van der Waals surface area contributed by atoms with Crippen LogP contribution in [0.15, 0.2) is 41.0 Å². The minimum absolute atomic E-state index is 0.123. The van der Waals surface area contributed by atoms with Gasteiger partial charge in [-0.25, -0.2) is 4.98 Å². The van der Waals surface area contributed by atoms with Crippen LogP contribution in [0.25, 0.3) is 0 Å². The number of hydrogen-bond acceptors (Lipinski definition) is 7. The lowest BCUT2D eigenvalue weighted by molar-refractivity contribution is -0.113. The first kappa shape index (κ1) is 18.4. The first-order valence-electron chi connectivity index (χ1n) is 8.08. The summed E-state index contributed by atoms with van der Waals surface area (Å²) in [5.74, 6) is 1.61. The first-order valence-corrected chi connectivity index (χ1v) is 9.94. The Balaban J connectivity index is 1.51. The summed E-state index contributed by atoms with van der Waals surface area (Å²) in [6, 6.07) is 8.00. The number of carbonyl (C=O) groups is 1. The summed E-state index contributed by atoms with van der Waals surface area (Å²) in [6.07, 6.45) is 2.65. The zero-order valence-corrected chi connectivity index (χ0v) is 16.1. The molecule has 0 spiro atoms. The van der Waals surface area contributed by atoms with Crippen LogP contribution in [0.2, 0.25) is 0 Å². The summed E-state index contributed by atoms with van der Waals surface area (Å²) >= 11 is 2.71. The fraction of sp³-hybridized carbons (Fsp3) is 0.294. The Morgan fingerprint density at radius 1 is 1.31 bits per heavy atom. The van der Waals surface area contributed by atoms with Gasteiger partial charge in [0.2, 0.25) is 5.91 Å². The summed E-state index contributed by atoms with van der Waals surface area (Å²) in [5.41, 5.74) is 1.27. The number of nitrogens with zero attached hydrogens (tertiary/aromatic N) is 4. The van der Waals surface area contributed by atoms with Crippen molar-refractivity contribution in [1.29, 1.82) is 0 Å². The number of aromatic nitrogens is 4. The van der Waals surface area contributed by atoms with Crippen molar-refractivity contribution in [3.8, 4) is 5.75 Å². The first-order chi connectivity index (χ1) is 12.7. The Labute approximate surface area is 159 Å². The summed E-state index contributed by atoms with van der Waals surface area (Å²) in [6.45, 7) is 2.44. The highest BCUT2D eigenvalue weighted by Gasteiger charge is 2.12. The molecular weight excluding hydrogens is 370 g/mol. The van der Waals surface area contributed by atoms with Crippen LogP contribution in [0.3, 0.4) is 0 Å². The molecule has 0 atom stereocenters. The van der Waals surface area contributed by atoms with Gasteiger partial charge in [0.1, 0.15) is 12.4 Å². The van der Waals surface area contributed by atoms with Gasteiger partial charge in [0.25, 0.3) is 0 Å². The van der Waals surface area contributed by atoms with Crippen LogP contribution in [0.1, 0.15) is 18.3 Å². The van der Waals surface area contributed by atoms with Crippen molar-refractivity contribution in [1.82, 2.24) is 19.7 Å². The lowest BCUT2D eigenvalue weighted by Gasteiger charge is -2.07. The molecule has 1 amide bonds. The highest BCUT2D eigenvalue weighted by atomic mass is 32.2. The maximum absolute atomic E-state index is 11.9. The summed E-state index contributed by atoms with van der Waals surface area (Å²) in [5, 5.41) is 14.1. The molecule has 0 radical (unpaired) electrons. The van der Waals surface area contributed by atoms with Crippen LogP contribution in [-0.4, -0.2) is 31.4 Å². The van der Waals surface area contributed by atoms with Crippen LogP contribution >= 0.6 is 23.1 Å². The molecule has 0 bridgehead atoms. The molecule has 0 aliphatic rings. The van der Waals surface area contributed by atoms with Crippen LogP contribution in [0.4, 0.5) is 5.13 Å². The largest absolute Gasteiger partial charge is 0.486 e. The third-order valence-electron chi connectivity index (χ3n) is 3.64. The fourth-order valence-electron chi connectivity index (χ4n) is 2.14. The van der Waals surface area contributed by atoms with Gasteiger partial charge in [-0.3, -0.25) is 4.79 Å². The van der Waals surface area contributed by atoms with E-state index in [2.05, 4.69) is 27.4 Å². The van der Waals surface area contributed by atoms with Gasteiger partial charge in [0, 0.05) is 18.6 Å². The molecule has 136 valence electrons. The molecule has 7 nitrogen and oxygen atoms in total. The maximum atomic E-state index is 11.9. The molecule has 26 heavy (non-hydrogen) atoms. The van der Waals surface area contributed by atoms with Crippen molar-refractivity contribution >= 4 is 34.1 Å². The Hall–Kier alpha value is -2.39. The van der Waals surface area contributed by atoms with Gasteiger partial charge in [0.05, 0.1) is 5.75 Å². The van der Waals surface area contributed by atoms with E-state index < -0.39 is 0 Å². The number of anilines is 1. The van der Waals surface area contributed by atoms with Gasteiger partial charge >= 0.3 is 0 Å². The van der Waals surface area contributed by atoms with Gasteiger partial charge in [0.15, 0.2) is 16.1 Å². The number of rotatable bonds is 8. The van der Waals surface area contributed by atoms with Gasteiger partial charge in [-0.1, -0.05) is 30.8 Å². The van der Waals surface area contributed by atoms with Crippen molar-refractivity contribution in [2.24, 2.45) is 7.05 Å². The van der Waals surface area contributed by atoms with Crippen molar-refractivity contribution < 1.29 is 9.53 Å². The standard InChI is InChI=1S/C17H19N5O2S2/c1-3-12-4-6-13(7-5-12)24-10-14-20-21-17(22(14)2)26-11-15(23)19-16-18-8-9-25-16/h4-9H,3,10-11H2,1-2H3,(H,18,19,23). The lowest BCUT2D eigenvalue weighted by Crippen LogP contribution is -2.14. The van der Waals surface area contributed by atoms with Crippen LogP contribution in [-0.2, 0) is 24.9 Å². The molecule has 0 saturated heterocycles. The van der Waals surface area contributed by atoms with Crippen LogP contribution < -0.4 is 10.1 Å². The second kappa shape index (κ2) is 8.81. The van der Waals surface area contributed by atoms with E-state index in [-0.39, 0.29) is 11.7 Å². The lowest BCUT2D eigenvalue weighted by atomic mass is 10.2. The maximum Gasteiger partial charge on any atom is 0.236 e. The van der Waals surface area contributed by atoms with Gasteiger partial charge < -0.3 is 14.6 Å². The average Bonchev–Trinajstić information content (AvgIpc) is 3.29. The van der Waals surface area contributed by atoms with E-state index in [4.69, 9.17) is 4.74 Å². The number of benzene rings is 1. The Kier molecular flexibility index (Phi) is 6.24. The molecule has 0 saturated carbocycles. The van der Waals surface area contributed by atoms with Gasteiger partial charge in [-0.2, -0.15) is 0 Å². The molecule has 0 fully saturated rings. The predicted octanol–water partition coefficient (Wildman–Crippen LogP) is 3.14. The van der Waals surface area contributed by atoms with E-state index in [0.29, 0.717) is 22.7 Å². The number of aryl methyl sites for hydroxylation is 1. The number of amides is 1. The molecule has 1 aromatic carbocycles. The zero-order valence-electron chi connectivity index (χ0n) is 14.5. The summed E-state index contributed by atoms with van der Waals surface area (Å²) in [7, 11) is 1.86. The van der Waals surface area contributed by atoms with Gasteiger partial charge in [-0.05, 0) is 24.1 Å². The number of thioether (sulfide) groups is 1. The third kappa shape index (κ3) is 4.83. The van der Waals surface area contributed by atoms with Crippen molar-refractivity contribution in [3.05, 3.63) is 47.2 Å². The number of nitrogens with one attached hydrogen (secondary N) is 1. The highest BCUT2D eigenvalue weighted by molar-refractivity contribution is 7.99. The number of carbonyl (C=O) groups excluding carboxylic acids is 1. The Morgan fingerprint density at radius 3 is 2.81 bits per heavy atom. The van der Waals surface area contributed by atoms with E-state index in [9.17, 15) is 4.79 Å². The predicted molar refractivity (Wildman–Crippen MR) is 103 cm³/mol. The Morgan fingerprint density at radius 2 is 2.12 bits per heavy atom. The molecule has 2 heterocycles. The summed E-state index contributed by atoms with van der Waals surface area (Å²) in [4.78, 5) is 15.9. The third-order valence-corrected chi connectivity index (χ3v) is 5.34. The van der Waals surface area contributed by atoms with Gasteiger partial charge in [-0.15, -0.1) is 21.5 Å². The summed E-state index contributed by atoms with van der Waals surface area (Å²) < 4.78 is 7.60. The van der Waals surface area contributed by atoms with E-state index in [1.165, 1.54) is 28.7 Å². The van der Waals surface area contributed by atoms with E-state index in [0.717, 1.165) is 12.2 Å². The SMILES string of the molecule is CCc1ccc(OCc2nnc(SCC(=O)Nc3nccs3)n2C)cc1. The van der Waals surface area contributed by atoms with Crippen molar-refractivity contribution in [3.63, 3.8) is 0 Å². The topological polar surface area (TPSA) is 81.9 Å². The molecule has 0 aliphatic heterocycles. The second-order valence-electron chi connectivity index (χ2n) is 5.42. The smallest absolute Gasteiger partial charge is 0.236 e. The number of thiazole rings is 1. The number of ether oxygens (including phenoxy) is 1. The highest BCUT2D eigenvalue weighted by Crippen LogP contribution is 2.19. The van der Waals surface area contributed by atoms with Crippen molar-refractivity contribution in [2.45, 2.75) is 25.1 Å². The molecular formula is C17H19N5O2S2. The van der Waals surface area contributed by atoms with E-state index >= 15 is 0 Å². The minimum atomic E-state index is -0.123. The quantitative estimate of drug-likeness (QED) is 0.596. The van der Waals surface area contributed by atoms with Crippen LogP contribution in [0.5, 0.6) is 5.75 Å². The molecule has 2 aromatic heterocycles. The normalized spacial score (nSPS) is 10.7. The van der Waals surface area contributed by atoms with E-state index in [1.54, 1.807) is 6.20 Å². The molecule has 0 aliphatic carbocycles. The Bertz CT molecular complexity index is 847. The van der Waals surface area contributed by atoms with Crippen LogP contribution in [0, 0.1) is 0 Å². The minimum Gasteiger partial charge on any atom is -0.486 e. The molecule has 3 rings (SSSR count). The molecule has 1 N–H and O–H groups in total. The number of hydrogen-bond donors (Lipinski definition) is 1. The zero-order chi connectivity index (χ0) is 18.4. The van der Waals surface area contributed by atoms with E-state index in [1.807, 2.05) is 41.3 Å².